The molecule has 16 heavy (non-hydrogen) atoms. The van der Waals surface area contributed by atoms with Crippen molar-refractivity contribution in [3.63, 3.8) is 0 Å². The third-order valence-electron chi connectivity index (χ3n) is 2.24. The van der Waals surface area contributed by atoms with Gasteiger partial charge in [0.05, 0.1) is 6.61 Å². The molecular weight excluding hydrogens is 204 g/mol. The van der Waals surface area contributed by atoms with Gasteiger partial charge in [0.2, 0.25) is 5.78 Å². The van der Waals surface area contributed by atoms with Crippen LogP contribution in [0.25, 0.3) is 11.0 Å². The van der Waals surface area contributed by atoms with Gasteiger partial charge in [-0.3, -0.25) is 4.79 Å². The van der Waals surface area contributed by atoms with Gasteiger partial charge in [0.25, 0.3) is 0 Å². The van der Waals surface area contributed by atoms with Crippen LogP contribution in [0.4, 0.5) is 0 Å². The highest BCUT2D eigenvalue weighted by Gasteiger charge is 2.12. The monoisotopic (exact) mass is 216 g/mol. The molecule has 0 unspecified atom stereocenters. The number of hydrogen-bond acceptors (Lipinski definition) is 3. The third kappa shape index (κ3) is 1.72. The lowest BCUT2D eigenvalue weighted by molar-refractivity contribution is 0.102. The van der Waals surface area contributed by atoms with Gasteiger partial charge in [0.15, 0.2) is 17.1 Å². The van der Waals surface area contributed by atoms with Gasteiger partial charge in [-0.1, -0.05) is 18.7 Å². The van der Waals surface area contributed by atoms with E-state index in [0.717, 1.165) is 5.39 Å². The van der Waals surface area contributed by atoms with Gasteiger partial charge in [-0.05, 0) is 25.1 Å². The first-order valence-corrected chi connectivity index (χ1v) is 5.08. The molecule has 0 atom stereocenters. The molecule has 3 nitrogen and oxygen atoms in total. The number of furan rings is 1. The van der Waals surface area contributed by atoms with Crippen LogP contribution in [-0.2, 0) is 0 Å². The topological polar surface area (TPSA) is 39.4 Å². The average Bonchev–Trinajstić information content (AvgIpc) is 2.73. The van der Waals surface area contributed by atoms with Gasteiger partial charge in [-0.2, -0.15) is 0 Å². The minimum Gasteiger partial charge on any atom is -0.490 e. The fourth-order valence-electron chi connectivity index (χ4n) is 1.53. The Kier molecular flexibility index (Phi) is 2.77. The van der Waals surface area contributed by atoms with Crippen LogP contribution in [-0.4, -0.2) is 12.4 Å². The van der Waals surface area contributed by atoms with Crippen LogP contribution >= 0.6 is 0 Å². The van der Waals surface area contributed by atoms with E-state index >= 15 is 0 Å². The van der Waals surface area contributed by atoms with Crippen LogP contribution in [0.15, 0.2) is 41.3 Å². The molecule has 0 aliphatic heterocycles. The first kappa shape index (κ1) is 10.5. The number of para-hydroxylation sites is 1. The van der Waals surface area contributed by atoms with Gasteiger partial charge in [-0.25, -0.2) is 0 Å². The lowest BCUT2D eigenvalue weighted by atomic mass is 10.2. The number of rotatable bonds is 4. The summed E-state index contributed by atoms with van der Waals surface area (Å²) in [4.78, 5) is 11.4. The molecule has 0 N–H and O–H groups in total. The van der Waals surface area contributed by atoms with Crippen LogP contribution in [0.1, 0.15) is 17.5 Å². The summed E-state index contributed by atoms with van der Waals surface area (Å²) in [6.45, 7) is 5.89. The van der Waals surface area contributed by atoms with Crippen LogP contribution in [0.3, 0.4) is 0 Å². The van der Waals surface area contributed by atoms with E-state index in [0.29, 0.717) is 17.9 Å². The molecule has 2 rings (SSSR count). The second-order valence-electron chi connectivity index (χ2n) is 3.29. The zero-order valence-electron chi connectivity index (χ0n) is 9.03. The number of benzene rings is 1. The standard InChI is InChI=1S/C13H12O3/c1-3-10(14)12-8-9-6-5-7-11(15-4-2)13(9)16-12/h3,5-8H,1,4H2,2H3. The molecule has 0 aliphatic carbocycles. The molecule has 0 spiro atoms. The largest absolute Gasteiger partial charge is 0.490 e. The minimum absolute atomic E-state index is 0.223. The Balaban J connectivity index is 2.56. The van der Waals surface area contributed by atoms with Crippen molar-refractivity contribution < 1.29 is 13.9 Å². The maximum absolute atomic E-state index is 11.4. The van der Waals surface area contributed by atoms with E-state index in [9.17, 15) is 4.79 Å². The summed E-state index contributed by atoms with van der Waals surface area (Å²) in [5.41, 5.74) is 0.606. The first-order valence-electron chi connectivity index (χ1n) is 5.08. The molecule has 0 aliphatic rings. The number of ketones is 1. The third-order valence-corrected chi connectivity index (χ3v) is 2.24. The summed E-state index contributed by atoms with van der Waals surface area (Å²) in [6.07, 6.45) is 1.23. The quantitative estimate of drug-likeness (QED) is 0.582. The zero-order chi connectivity index (χ0) is 11.5. The van der Waals surface area contributed by atoms with Crippen LogP contribution in [0.2, 0.25) is 0 Å². The lowest BCUT2D eigenvalue weighted by Crippen LogP contribution is -1.91. The molecule has 0 saturated heterocycles. The van der Waals surface area contributed by atoms with Gasteiger partial charge in [-0.15, -0.1) is 0 Å². The fraction of sp³-hybridized carbons (Fsp3) is 0.154. The van der Waals surface area contributed by atoms with E-state index < -0.39 is 0 Å². The Bertz CT molecular complexity index is 537. The molecule has 82 valence electrons. The van der Waals surface area contributed by atoms with E-state index in [2.05, 4.69) is 6.58 Å². The molecule has 0 bridgehead atoms. The van der Waals surface area contributed by atoms with Crippen molar-refractivity contribution >= 4 is 16.8 Å². The summed E-state index contributed by atoms with van der Waals surface area (Å²) in [7, 11) is 0. The molecule has 3 heteroatoms. The normalized spacial score (nSPS) is 10.3. The van der Waals surface area contributed by atoms with Crippen LogP contribution < -0.4 is 4.74 Å². The number of hydrogen-bond donors (Lipinski definition) is 0. The molecule has 0 fully saturated rings. The molecule has 0 amide bonds. The molecular formula is C13H12O3. The lowest BCUT2D eigenvalue weighted by Gasteiger charge is -2.01. The highest BCUT2D eigenvalue weighted by Crippen LogP contribution is 2.28. The SMILES string of the molecule is C=CC(=O)c1cc2cccc(OCC)c2o1. The van der Waals surface area contributed by atoms with Gasteiger partial charge < -0.3 is 9.15 Å². The second-order valence-corrected chi connectivity index (χ2v) is 3.29. The number of allylic oxidation sites excluding steroid dienone is 1. The van der Waals surface area contributed by atoms with Crippen molar-refractivity contribution in [2.45, 2.75) is 6.92 Å². The Hall–Kier alpha value is -2.03. The summed E-state index contributed by atoms with van der Waals surface area (Å²) < 4.78 is 10.9. The van der Waals surface area contributed by atoms with Crippen molar-refractivity contribution in [2.24, 2.45) is 0 Å². The second kappa shape index (κ2) is 4.23. The smallest absolute Gasteiger partial charge is 0.220 e. The highest BCUT2D eigenvalue weighted by atomic mass is 16.5. The Morgan fingerprint density at radius 3 is 3.06 bits per heavy atom. The fourth-order valence-corrected chi connectivity index (χ4v) is 1.53. The molecule has 2 aromatic rings. The van der Waals surface area contributed by atoms with Crippen molar-refractivity contribution in [1.29, 1.82) is 0 Å². The summed E-state index contributed by atoms with van der Waals surface area (Å²) in [5, 5.41) is 0.858. The maximum atomic E-state index is 11.4. The Labute approximate surface area is 93.3 Å². The van der Waals surface area contributed by atoms with E-state index in [1.807, 2.05) is 25.1 Å². The van der Waals surface area contributed by atoms with E-state index in [-0.39, 0.29) is 11.5 Å². The summed E-state index contributed by atoms with van der Waals surface area (Å²) in [6, 6.07) is 7.26. The Morgan fingerprint density at radius 2 is 2.38 bits per heavy atom. The van der Waals surface area contributed by atoms with Crippen molar-refractivity contribution in [1.82, 2.24) is 0 Å². The summed E-state index contributed by atoms with van der Waals surface area (Å²) >= 11 is 0. The van der Waals surface area contributed by atoms with E-state index in [4.69, 9.17) is 9.15 Å². The zero-order valence-corrected chi connectivity index (χ0v) is 9.03. The van der Waals surface area contributed by atoms with Gasteiger partial charge in [0.1, 0.15) is 0 Å². The molecule has 1 aromatic carbocycles. The first-order chi connectivity index (χ1) is 7.76. The maximum Gasteiger partial charge on any atom is 0.220 e. The minimum atomic E-state index is -0.223. The number of carbonyl (C=O) groups excluding carboxylic acids is 1. The van der Waals surface area contributed by atoms with Gasteiger partial charge in [0, 0.05) is 5.39 Å². The van der Waals surface area contributed by atoms with Crippen molar-refractivity contribution in [3.8, 4) is 5.75 Å². The van der Waals surface area contributed by atoms with Crippen LogP contribution in [0.5, 0.6) is 5.75 Å². The van der Waals surface area contributed by atoms with Crippen LogP contribution in [0, 0.1) is 0 Å². The number of carbonyl (C=O) groups is 1. The van der Waals surface area contributed by atoms with E-state index in [1.54, 1.807) is 6.07 Å². The molecule has 0 saturated carbocycles. The number of ether oxygens (including phenoxy) is 1. The predicted octanol–water partition coefficient (Wildman–Crippen LogP) is 3.20. The van der Waals surface area contributed by atoms with E-state index in [1.165, 1.54) is 6.08 Å². The van der Waals surface area contributed by atoms with Gasteiger partial charge >= 0.3 is 0 Å². The Morgan fingerprint density at radius 1 is 1.56 bits per heavy atom. The van der Waals surface area contributed by atoms with Crippen molar-refractivity contribution in [2.75, 3.05) is 6.61 Å². The number of fused-ring (bicyclic) bond motifs is 1. The molecule has 1 aromatic heterocycles. The summed E-state index contributed by atoms with van der Waals surface area (Å²) in [5.74, 6) is 0.721. The molecule has 1 heterocycles. The highest BCUT2D eigenvalue weighted by molar-refractivity contribution is 6.04. The van der Waals surface area contributed by atoms with Crippen molar-refractivity contribution in [3.05, 3.63) is 42.7 Å². The molecule has 0 radical (unpaired) electrons. The predicted molar refractivity (Wildman–Crippen MR) is 61.9 cm³/mol. The average molecular weight is 216 g/mol.